The third-order valence-electron chi connectivity index (χ3n) is 3.99. The molecule has 10 heteroatoms. The van der Waals surface area contributed by atoms with E-state index in [-0.39, 0.29) is 24.1 Å². The standard InChI is InChI=1S/2C9H8Cl2N2O/c2*10-5-1-2-6(7(11)3-5)8-4-14-9(12)13-8/h2*1-3,8H,4H2,(H2,12,13)/t2*8-/m10/s1. The number of hydrogen-bond acceptors (Lipinski definition) is 6. The summed E-state index contributed by atoms with van der Waals surface area (Å²) < 4.78 is 10.1. The Morgan fingerprint density at radius 2 is 1.11 bits per heavy atom. The van der Waals surface area contributed by atoms with Gasteiger partial charge >= 0.3 is 0 Å². The number of rotatable bonds is 2. The average molecular weight is 462 g/mol. The van der Waals surface area contributed by atoms with E-state index in [2.05, 4.69) is 9.98 Å². The van der Waals surface area contributed by atoms with E-state index in [1.807, 2.05) is 12.1 Å². The monoisotopic (exact) mass is 460 g/mol. The van der Waals surface area contributed by atoms with Crippen molar-refractivity contribution in [2.45, 2.75) is 12.1 Å². The molecule has 2 aliphatic rings. The smallest absolute Gasteiger partial charge is 0.282 e. The molecule has 2 aliphatic heterocycles. The molecule has 0 saturated carbocycles. The molecular weight excluding hydrogens is 446 g/mol. The van der Waals surface area contributed by atoms with Gasteiger partial charge in [-0.15, -0.1) is 0 Å². The second kappa shape index (κ2) is 9.09. The van der Waals surface area contributed by atoms with E-state index < -0.39 is 0 Å². The largest absolute Gasteiger partial charge is 0.463 e. The van der Waals surface area contributed by atoms with Crippen molar-refractivity contribution in [1.29, 1.82) is 0 Å². The molecule has 2 aromatic rings. The van der Waals surface area contributed by atoms with Crippen LogP contribution in [0.5, 0.6) is 0 Å². The molecule has 4 N–H and O–H groups in total. The fourth-order valence-corrected chi connectivity index (χ4v) is 3.72. The van der Waals surface area contributed by atoms with E-state index in [4.69, 9.17) is 67.3 Å². The molecule has 6 nitrogen and oxygen atoms in total. The number of ether oxygens (including phenoxy) is 2. The number of benzene rings is 2. The fraction of sp³-hybridized carbons (Fsp3) is 0.222. The number of nitrogens with two attached hydrogens (primary N) is 2. The van der Waals surface area contributed by atoms with Crippen LogP contribution >= 0.6 is 46.4 Å². The molecule has 28 heavy (non-hydrogen) atoms. The van der Waals surface area contributed by atoms with Gasteiger partial charge in [0.1, 0.15) is 25.3 Å². The van der Waals surface area contributed by atoms with Crippen molar-refractivity contribution in [2.75, 3.05) is 13.2 Å². The SMILES string of the molecule is NC1=N[C@@H](c2ccc(Cl)cc2Cl)CO1.NC1=N[C@H](c2ccc(Cl)cc2Cl)CO1. The van der Waals surface area contributed by atoms with Crippen molar-refractivity contribution in [3.8, 4) is 0 Å². The van der Waals surface area contributed by atoms with Gasteiger partial charge in [-0.1, -0.05) is 58.5 Å². The lowest BCUT2D eigenvalue weighted by molar-refractivity contribution is 0.315. The van der Waals surface area contributed by atoms with E-state index >= 15 is 0 Å². The van der Waals surface area contributed by atoms with Gasteiger partial charge in [-0.05, 0) is 35.4 Å². The first-order valence-electron chi connectivity index (χ1n) is 8.15. The molecule has 0 amide bonds. The lowest BCUT2D eigenvalue weighted by Crippen LogP contribution is -2.10. The van der Waals surface area contributed by atoms with E-state index in [9.17, 15) is 0 Å². The number of nitrogens with zero attached hydrogens (tertiary/aromatic N) is 2. The van der Waals surface area contributed by atoms with Crippen LogP contribution in [0.15, 0.2) is 46.4 Å². The molecule has 2 aromatic carbocycles. The van der Waals surface area contributed by atoms with Gasteiger partial charge in [-0.2, -0.15) is 0 Å². The quantitative estimate of drug-likeness (QED) is 0.673. The average Bonchev–Trinajstić information content (AvgIpc) is 3.24. The van der Waals surface area contributed by atoms with Crippen molar-refractivity contribution in [3.63, 3.8) is 0 Å². The Balaban J connectivity index is 0.000000161. The van der Waals surface area contributed by atoms with E-state index in [1.54, 1.807) is 24.3 Å². The van der Waals surface area contributed by atoms with Gasteiger partial charge in [0.25, 0.3) is 12.0 Å². The maximum absolute atomic E-state index is 6.01. The summed E-state index contributed by atoms with van der Waals surface area (Å²) in [6.07, 6.45) is 0. The van der Waals surface area contributed by atoms with E-state index in [0.29, 0.717) is 33.3 Å². The molecule has 2 heterocycles. The third-order valence-corrected chi connectivity index (χ3v) is 5.11. The van der Waals surface area contributed by atoms with E-state index in [1.165, 1.54) is 0 Å². The maximum atomic E-state index is 6.01. The molecule has 148 valence electrons. The first-order chi connectivity index (χ1) is 13.3. The van der Waals surface area contributed by atoms with Gasteiger partial charge < -0.3 is 20.9 Å². The van der Waals surface area contributed by atoms with Crippen LogP contribution in [0.1, 0.15) is 23.2 Å². The van der Waals surface area contributed by atoms with Gasteiger partial charge in [-0.3, -0.25) is 0 Å². The molecule has 0 fully saturated rings. The predicted octanol–water partition coefficient (Wildman–Crippen LogP) is 4.76. The van der Waals surface area contributed by atoms with Crippen molar-refractivity contribution < 1.29 is 9.47 Å². The van der Waals surface area contributed by atoms with Crippen LogP contribution in [-0.2, 0) is 9.47 Å². The van der Waals surface area contributed by atoms with Crippen molar-refractivity contribution in [3.05, 3.63) is 67.6 Å². The second-order valence-electron chi connectivity index (χ2n) is 5.92. The Labute approximate surface area is 182 Å². The summed E-state index contributed by atoms with van der Waals surface area (Å²) in [6, 6.07) is 10.8. The summed E-state index contributed by atoms with van der Waals surface area (Å²) in [5.74, 6) is 0. The summed E-state index contributed by atoms with van der Waals surface area (Å²) in [4.78, 5) is 8.19. The fourth-order valence-electron chi connectivity index (χ4n) is 2.65. The van der Waals surface area contributed by atoms with Gasteiger partial charge in [0.15, 0.2) is 0 Å². The summed E-state index contributed by atoms with van der Waals surface area (Å²) in [7, 11) is 0. The van der Waals surface area contributed by atoms with Crippen molar-refractivity contribution in [2.24, 2.45) is 21.5 Å². The van der Waals surface area contributed by atoms with Crippen LogP contribution in [0.25, 0.3) is 0 Å². The lowest BCUT2D eigenvalue weighted by Gasteiger charge is -2.07. The summed E-state index contributed by atoms with van der Waals surface area (Å²) >= 11 is 23.6. The van der Waals surface area contributed by atoms with Crippen LogP contribution < -0.4 is 11.5 Å². The second-order valence-corrected chi connectivity index (χ2v) is 7.61. The van der Waals surface area contributed by atoms with Crippen LogP contribution in [0.3, 0.4) is 0 Å². The van der Waals surface area contributed by atoms with Crippen molar-refractivity contribution in [1.82, 2.24) is 0 Å². The summed E-state index contributed by atoms with van der Waals surface area (Å²) in [5.41, 5.74) is 12.6. The Bertz CT molecular complexity index is 860. The minimum Gasteiger partial charge on any atom is -0.463 e. The number of halogens is 4. The van der Waals surface area contributed by atoms with Gasteiger partial charge in [0.2, 0.25) is 0 Å². The molecule has 4 rings (SSSR count). The topological polar surface area (TPSA) is 95.2 Å². The predicted molar refractivity (Wildman–Crippen MR) is 114 cm³/mol. The Hall–Kier alpha value is -1.86. The number of aliphatic imine (C=N–C) groups is 2. The zero-order valence-corrected chi connectivity index (χ0v) is 17.4. The van der Waals surface area contributed by atoms with Crippen LogP contribution in [-0.4, -0.2) is 25.3 Å². The van der Waals surface area contributed by atoms with E-state index in [0.717, 1.165) is 11.1 Å². The zero-order valence-electron chi connectivity index (χ0n) is 14.4. The summed E-state index contributed by atoms with van der Waals surface area (Å²) in [5, 5.41) is 2.39. The molecule has 0 aliphatic carbocycles. The molecule has 0 spiro atoms. The molecular formula is C18H16Cl4N4O2. The zero-order chi connectivity index (χ0) is 20.3. The highest BCUT2D eigenvalue weighted by molar-refractivity contribution is 6.35. The van der Waals surface area contributed by atoms with Gasteiger partial charge in [0.05, 0.1) is 0 Å². The Morgan fingerprint density at radius 3 is 1.39 bits per heavy atom. The van der Waals surface area contributed by atoms with Gasteiger partial charge in [-0.25, -0.2) is 9.98 Å². The minimum atomic E-state index is -0.111. The Kier molecular flexibility index (Phi) is 6.78. The molecule has 0 aromatic heterocycles. The van der Waals surface area contributed by atoms with Crippen LogP contribution in [0.2, 0.25) is 20.1 Å². The normalized spacial score (nSPS) is 20.4. The number of hydrogen-bond donors (Lipinski definition) is 2. The molecule has 0 saturated heterocycles. The van der Waals surface area contributed by atoms with Crippen LogP contribution in [0.4, 0.5) is 0 Å². The summed E-state index contributed by atoms with van der Waals surface area (Å²) in [6.45, 7) is 0.875. The number of amidine groups is 2. The van der Waals surface area contributed by atoms with Gasteiger partial charge in [0, 0.05) is 20.1 Å². The first-order valence-corrected chi connectivity index (χ1v) is 9.66. The molecule has 2 atom stereocenters. The van der Waals surface area contributed by atoms with Crippen LogP contribution in [0, 0.1) is 0 Å². The Morgan fingerprint density at radius 1 is 0.714 bits per heavy atom. The highest BCUT2D eigenvalue weighted by Gasteiger charge is 2.21. The maximum Gasteiger partial charge on any atom is 0.282 e. The molecule has 0 radical (unpaired) electrons. The highest BCUT2D eigenvalue weighted by Crippen LogP contribution is 2.31. The van der Waals surface area contributed by atoms with Crippen molar-refractivity contribution >= 4 is 58.4 Å². The minimum absolute atomic E-state index is 0.111. The molecule has 0 bridgehead atoms. The highest BCUT2D eigenvalue weighted by atomic mass is 35.5. The first kappa shape index (κ1) is 20.9. The third kappa shape index (κ3) is 5.14. The lowest BCUT2D eigenvalue weighted by atomic mass is 10.1. The molecule has 0 unspecified atom stereocenters.